The number of likely N-dealkylation sites (tertiary alicyclic amines) is 1. The Labute approximate surface area is 199 Å². The lowest BCUT2D eigenvalue weighted by molar-refractivity contribution is -0.188. The molecule has 4 aliphatic heterocycles. The molecule has 2 amide bonds. The van der Waals surface area contributed by atoms with E-state index in [0.29, 0.717) is 69.0 Å². The van der Waals surface area contributed by atoms with Crippen LogP contribution in [0.3, 0.4) is 0 Å². The largest absolute Gasteiger partial charge is 0.479 e. The number of nitrogens with one attached hydrogen (secondary N) is 1. The molecular formula is C23H31N3O7S. The van der Waals surface area contributed by atoms with E-state index in [9.17, 15) is 18.0 Å². The van der Waals surface area contributed by atoms with Gasteiger partial charge in [-0.2, -0.15) is 4.31 Å². The van der Waals surface area contributed by atoms with E-state index in [1.165, 1.54) is 10.4 Å². The molecule has 1 N–H and O–H groups in total. The summed E-state index contributed by atoms with van der Waals surface area (Å²) in [5.74, 6) is -0.533. The van der Waals surface area contributed by atoms with Gasteiger partial charge in [0.1, 0.15) is 5.75 Å². The molecule has 5 rings (SSSR count). The fourth-order valence-corrected chi connectivity index (χ4v) is 6.91. The van der Waals surface area contributed by atoms with E-state index in [1.807, 2.05) is 4.90 Å². The van der Waals surface area contributed by atoms with Crippen molar-refractivity contribution < 1.29 is 32.2 Å². The number of fused-ring (bicyclic) bond motifs is 1. The maximum Gasteiger partial charge on any atom is 0.265 e. The fourth-order valence-electron chi connectivity index (χ4n) is 5.21. The number of hydrogen-bond donors (Lipinski definition) is 1. The van der Waals surface area contributed by atoms with Crippen LogP contribution in [0, 0.1) is 12.8 Å². The molecule has 34 heavy (non-hydrogen) atoms. The number of hydrogen-bond acceptors (Lipinski definition) is 7. The minimum Gasteiger partial charge on any atom is -0.479 e. The molecule has 0 saturated carbocycles. The molecule has 3 fully saturated rings. The van der Waals surface area contributed by atoms with Crippen LogP contribution in [0.4, 0.5) is 5.69 Å². The summed E-state index contributed by atoms with van der Waals surface area (Å²) >= 11 is 0. The van der Waals surface area contributed by atoms with Gasteiger partial charge in [-0.25, -0.2) is 8.42 Å². The lowest BCUT2D eigenvalue weighted by Crippen LogP contribution is -2.50. The van der Waals surface area contributed by atoms with Crippen molar-refractivity contribution >= 4 is 27.5 Å². The van der Waals surface area contributed by atoms with Crippen molar-refractivity contribution in [1.82, 2.24) is 9.21 Å². The summed E-state index contributed by atoms with van der Waals surface area (Å²) in [4.78, 5) is 27.0. The van der Waals surface area contributed by atoms with E-state index in [2.05, 4.69) is 5.32 Å². The van der Waals surface area contributed by atoms with E-state index in [0.717, 1.165) is 0 Å². The van der Waals surface area contributed by atoms with Crippen molar-refractivity contribution in [1.29, 1.82) is 0 Å². The standard InChI is InChI=1S/C23H31N3O7S/c1-15-13-18-19(33-16(2)21(27)24-18)14-20(15)34(29,30)26-7-3-17(4-8-26)22(28)25-9-5-23(6-10-25)31-11-12-32-23/h13-14,16-17H,3-12H2,1-2H3,(H,24,27)/t16-/m1/s1. The summed E-state index contributed by atoms with van der Waals surface area (Å²) in [6, 6.07) is 3.12. The molecule has 1 aromatic carbocycles. The van der Waals surface area contributed by atoms with Gasteiger partial charge in [0.15, 0.2) is 11.9 Å². The molecular weight excluding hydrogens is 462 g/mol. The molecule has 0 radical (unpaired) electrons. The van der Waals surface area contributed by atoms with E-state index < -0.39 is 21.9 Å². The zero-order chi connectivity index (χ0) is 24.1. The number of rotatable bonds is 3. The Balaban J connectivity index is 1.23. The summed E-state index contributed by atoms with van der Waals surface area (Å²) in [5, 5.41) is 2.74. The molecule has 10 nitrogen and oxygen atoms in total. The van der Waals surface area contributed by atoms with Gasteiger partial charge in [-0.05, 0) is 38.3 Å². The molecule has 186 valence electrons. The van der Waals surface area contributed by atoms with Gasteiger partial charge < -0.3 is 24.4 Å². The number of amides is 2. The smallest absolute Gasteiger partial charge is 0.265 e. The first kappa shape index (κ1) is 23.5. The number of nitrogens with zero attached hydrogens (tertiary/aromatic N) is 2. The maximum absolute atomic E-state index is 13.4. The van der Waals surface area contributed by atoms with Crippen molar-refractivity contribution in [2.24, 2.45) is 5.92 Å². The van der Waals surface area contributed by atoms with Crippen LogP contribution in [-0.4, -0.2) is 80.7 Å². The molecule has 0 aliphatic carbocycles. The first-order valence-electron chi connectivity index (χ1n) is 11.9. The van der Waals surface area contributed by atoms with Gasteiger partial charge in [0.25, 0.3) is 5.91 Å². The number of anilines is 1. The Morgan fingerprint density at radius 3 is 2.38 bits per heavy atom. The highest BCUT2D eigenvalue weighted by Gasteiger charge is 2.42. The number of piperidine rings is 2. The number of carbonyl (C=O) groups is 2. The molecule has 4 heterocycles. The summed E-state index contributed by atoms with van der Waals surface area (Å²) in [6.45, 7) is 6.29. The first-order valence-corrected chi connectivity index (χ1v) is 13.3. The van der Waals surface area contributed by atoms with E-state index in [1.54, 1.807) is 19.9 Å². The van der Waals surface area contributed by atoms with Gasteiger partial charge in [-0.15, -0.1) is 0 Å². The summed E-state index contributed by atoms with van der Waals surface area (Å²) < 4.78 is 45.4. The van der Waals surface area contributed by atoms with Crippen molar-refractivity contribution in [3.05, 3.63) is 17.7 Å². The monoisotopic (exact) mass is 493 g/mol. The molecule has 11 heteroatoms. The van der Waals surface area contributed by atoms with Crippen LogP contribution < -0.4 is 10.1 Å². The third-order valence-electron chi connectivity index (χ3n) is 7.28. The van der Waals surface area contributed by atoms with Gasteiger partial charge in [-0.3, -0.25) is 9.59 Å². The number of ether oxygens (including phenoxy) is 3. The second kappa shape index (κ2) is 8.78. The van der Waals surface area contributed by atoms with Crippen molar-refractivity contribution in [3.8, 4) is 5.75 Å². The summed E-state index contributed by atoms with van der Waals surface area (Å²) in [5.41, 5.74) is 1.01. The van der Waals surface area contributed by atoms with Crippen molar-refractivity contribution in [2.75, 3.05) is 44.7 Å². The van der Waals surface area contributed by atoms with Crippen molar-refractivity contribution in [3.63, 3.8) is 0 Å². The Bertz CT molecular complexity index is 1080. The minimum absolute atomic E-state index is 0.0907. The van der Waals surface area contributed by atoms with Crippen LogP contribution in [0.1, 0.15) is 38.2 Å². The van der Waals surface area contributed by atoms with Crippen LogP contribution in [-0.2, 0) is 29.1 Å². The summed E-state index contributed by atoms with van der Waals surface area (Å²) in [6.07, 6.45) is 1.62. The van der Waals surface area contributed by atoms with E-state index in [-0.39, 0.29) is 35.7 Å². The van der Waals surface area contributed by atoms with Crippen LogP contribution in [0.2, 0.25) is 0 Å². The molecule has 1 atom stereocenters. The zero-order valence-corrected chi connectivity index (χ0v) is 20.4. The lowest BCUT2D eigenvalue weighted by atomic mass is 9.94. The quantitative estimate of drug-likeness (QED) is 0.678. The molecule has 0 aromatic heterocycles. The van der Waals surface area contributed by atoms with Crippen molar-refractivity contribution in [2.45, 2.75) is 56.3 Å². The van der Waals surface area contributed by atoms with Gasteiger partial charge >= 0.3 is 0 Å². The Morgan fingerprint density at radius 1 is 1.09 bits per heavy atom. The predicted octanol–water partition coefficient (Wildman–Crippen LogP) is 1.48. The highest BCUT2D eigenvalue weighted by molar-refractivity contribution is 7.89. The van der Waals surface area contributed by atoms with Gasteiger partial charge in [-0.1, -0.05) is 0 Å². The SMILES string of the molecule is Cc1cc2c(cc1S(=O)(=O)N1CCC(C(=O)N3CCC4(CC3)OCCO4)CC1)O[C@H](C)C(=O)N2. The molecule has 1 aromatic rings. The first-order chi connectivity index (χ1) is 16.2. The number of benzene rings is 1. The molecule has 0 bridgehead atoms. The molecule has 0 unspecified atom stereocenters. The second-order valence-corrected chi connectivity index (χ2v) is 11.4. The Kier molecular flexibility index (Phi) is 6.07. The maximum atomic E-state index is 13.4. The van der Waals surface area contributed by atoms with Gasteiger partial charge in [0.2, 0.25) is 15.9 Å². The van der Waals surface area contributed by atoms with Crippen LogP contribution in [0.15, 0.2) is 17.0 Å². The third-order valence-corrected chi connectivity index (χ3v) is 9.32. The number of carbonyl (C=O) groups excluding carboxylic acids is 2. The highest BCUT2D eigenvalue weighted by Crippen LogP contribution is 2.37. The topological polar surface area (TPSA) is 114 Å². The van der Waals surface area contributed by atoms with Crippen LogP contribution in [0.25, 0.3) is 0 Å². The average Bonchev–Trinajstić information content (AvgIpc) is 3.27. The van der Waals surface area contributed by atoms with E-state index >= 15 is 0 Å². The normalized spacial score (nSPS) is 25.6. The Morgan fingerprint density at radius 2 is 1.74 bits per heavy atom. The summed E-state index contributed by atoms with van der Waals surface area (Å²) in [7, 11) is -3.76. The van der Waals surface area contributed by atoms with E-state index in [4.69, 9.17) is 14.2 Å². The van der Waals surface area contributed by atoms with Crippen LogP contribution >= 0.6 is 0 Å². The van der Waals surface area contributed by atoms with Gasteiger partial charge in [0, 0.05) is 51.0 Å². The zero-order valence-electron chi connectivity index (χ0n) is 19.5. The van der Waals surface area contributed by atoms with Gasteiger partial charge in [0.05, 0.1) is 23.8 Å². The molecule has 3 saturated heterocycles. The average molecular weight is 494 g/mol. The predicted molar refractivity (Wildman–Crippen MR) is 122 cm³/mol. The lowest BCUT2D eigenvalue weighted by Gasteiger charge is -2.40. The number of sulfonamides is 1. The second-order valence-electron chi connectivity index (χ2n) is 9.47. The third kappa shape index (κ3) is 4.19. The Hall–Kier alpha value is -2.21. The number of aryl methyl sites for hydroxylation is 1. The molecule has 4 aliphatic rings. The van der Waals surface area contributed by atoms with Crippen LogP contribution in [0.5, 0.6) is 5.75 Å². The minimum atomic E-state index is -3.76. The fraction of sp³-hybridized carbons (Fsp3) is 0.652. The highest BCUT2D eigenvalue weighted by atomic mass is 32.2. The molecule has 1 spiro atoms.